The van der Waals surface area contributed by atoms with Crippen molar-refractivity contribution in [3.63, 3.8) is 0 Å². The molecule has 2 aliphatic rings. The Balaban J connectivity index is 1.48. The Morgan fingerprint density at radius 3 is 2.76 bits per heavy atom. The molecule has 0 unspecified atom stereocenters. The summed E-state index contributed by atoms with van der Waals surface area (Å²) in [5.41, 5.74) is 1.30. The Morgan fingerprint density at radius 1 is 1.24 bits per heavy atom. The van der Waals surface area contributed by atoms with Gasteiger partial charge < -0.3 is 14.1 Å². The van der Waals surface area contributed by atoms with Crippen molar-refractivity contribution in [3.05, 3.63) is 36.1 Å². The maximum atomic E-state index is 12.3. The van der Waals surface area contributed by atoms with Crippen molar-refractivity contribution in [1.29, 1.82) is 0 Å². The Morgan fingerprint density at radius 2 is 2.00 bits per heavy atom. The van der Waals surface area contributed by atoms with Crippen molar-refractivity contribution < 1.29 is 13.9 Å². The summed E-state index contributed by atoms with van der Waals surface area (Å²) < 4.78 is 11.1. The van der Waals surface area contributed by atoms with Crippen LogP contribution < -0.4 is 0 Å². The fourth-order valence-electron chi connectivity index (χ4n) is 3.76. The molecule has 0 N–H and O–H groups in total. The first-order chi connectivity index (χ1) is 10.2. The van der Waals surface area contributed by atoms with E-state index in [-0.39, 0.29) is 12.1 Å². The Labute approximate surface area is 123 Å². The summed E-state index contributed by atoms with van der Waals surface area (Å²) in [5.74, 6) is -0.234. The van der Waals surface area contributed by atoms with Gasteiger partial charge in [-0.25, -0.2) is 4.79 Å². The molecule has 2 bridgehead atoms. The fraction of sp³-hybridized carbons (Fsp3) is 0.471. The number of hydrogen-bond acceptors (Lipinski definition) is 4. The van der Waals surface area contributed by atoms with E-state index in [4.69, 9.17) is 9.15 Å². The topological polar surface area (TPSA) is 42.7 Å². The van der Waals surface area contributed by atoms with Gasteiger partial charge in [0.15, 0.2) is 0 Å². The molecule has 0 spiro atoms. The predicted molar refractivity (Wildman–Crippen MR) is 79.2 cm³/mol. The molecule has 2 fully saturated rings. The maximum absolute atomic E-state index is 12.3. The molecule has 0 radical (unpaired) electrons. The van der Waals surface area contributed by atoms with Gasteiger partial charge in [0.2, 0.25) is 0 Å². The molecule has 4 rings (SSSR count). The summed E-state index contributed by atoms with van der Waals surface area (Å²) in [7, 11) is 2.19. The summed E-state index contributed by atoms with van der Waals surface area (Å²) >= 11 is 0. The molecule has 2 saturated heterocycles. The Kier molecular flexibility index (Phi) is 3.00. The lowest BCUT2D eigenvalue weighted by atomic mass is 10.0. The molecule has 21 heavy (non-hydrogen) atoms. The molecule has 3 heterocycles. The van der Waals surface area contributed by atoms with Crippen LogP contribution in [0.25, 0.3) is 11.0 Å². The first-order valence-electron chi connectivity index (χ1n) is 7.61. The quantitative estimate of drug-likeness (QED) is 0.795. The minimum Gasteiger partial charge on any atom is -0.464 e. The molecule has 2 atom stereocenters. The molecular formula is C17H19NO3. The van der Waals surface area contributed by atoms with E-state index in [9.17, 15) is 4.79 Å². The molecule has 4 nitrogen and oxygen atoms in total. The second-order valence-electron chi connectivity index (χ2n) is 6.22. The molecular weight excluding hydrogens is 266 g/mol. The van der Waals surface area contributed by atoms with Crippen LogP contribution in [0.4, 0.5) is 0 Å². The number of hydrogen-bond donors (Lipinski definition) is 0. The molecule has 0 aliphatic carbocycles. The van der Waals surface area contributed by atoms with Crippen LogP contribution in [0.5, 0.6) is 0 Å². The molecule has 2 aromatic rings. The Bertz CT molecular complexity index is 663. The van der Waals surface area contributed by atoms with Gasteiger partial charge in [0, 0.05) is 30.3 Å². The van der Waals surface area contributed by atoms with Crippen molar-refractivity contribution in [1.82, 2.24) is 4.90 Å². The van der Waals surface area contributed by atoms with Crippen molar-refractivity contribution in [2.24, 2.45) is 0 Å². The third-order valence-corrected chi connectivity index (χ3v) is 5.02. The summed E-state index contributed by atoms with van der Waals surface area (Å²) in [5, 5.41) is 1.00. The number of ether oxygens (including phenoxy) is 1. The second-order valence-corrected chi connectivity index (χ2v) is 6.22. The minimum atomic E-state index is -0.234. The predicted octanol–water partition coefficient (Wildman–Crippen LogP) is 3.21. The summed E-state index contributed by atoms with van der Waals surface area (Å²) in [6, 6.07) is 8.51. The van der Waals surface area contributed by atoms with Crippen molar-refractivity contribution in [3.8, 4) is 0 Å². The van der Waals surface area contributed by atoms with E-state index in [0.29, 0.717) is 17.6 Å². The number of piperidine rings is 1. The van der Waals surface area contributed by atoms with Gasteiger partial charge in [-0.05, 0) is 38.1 Å². The zero-order chi connectivity index (χ0) is 14.4. The SMILES string of the molecule is CN1[C@@H]2CC[C@@H]1CC(OC(=O)c1ccc3ccoc3c1)C2. The molecule has 2 aliphatic heterocycles. The zero-order valence-corrected chi connectivity index (χ0v) is 12.1. The Hall–Kier alpha value is -1.81. The molecule has 110 valence electrons. The van der Waals surface area contributed by atoms with Crippen LogP contribution in [0.15, 0.2) is 34.9 Å². The van der Waals surface area contributed by atoms with Crippen LogP contribution in [0, 0.1) is 0 Å². The van der Waals surface area contributed by atoms with Crippen LogP contribution in [-0.2, 0) is 4.74 Å². The first-order valence-corrected chi connectivity index (χ1v) is 7.61. The number of esters is 1. The first kappa shape index (κ1) is 12.9. The van der Waals surface area contributed by atoms with Crippen molar-refractivity contribution in [2.45, 2.75) is 43.9 Å². The third kappa shape index (κ3) is 2.23. The summed E-state index contributed by atoms with van der Waals surface area (Å²) in [6.07, 6.45) is 6.07. The van der Waals surface area contributed by atoms with Gasteiger partial charge in [0.05, 0.1) is 11.8 Å². The largest absolute Gasteiger partial charge is 0.464 e. The van der Waals surface area contributed by atoms with Crippen molar-refractivity contribution in [2.75, 3.05) is 7.05 Å². The zero-order valence-electron chi connectivity index (χ0n) is 12.1. The van der Waals surface area contributed by atoms with E-state index in [1.807, 2.05) is 18.2 Å². The highest BCUT2D eigenvalue weighted by molar-refractivity contribution is 5.93. The number of furan rings is 1. The van der Waals surface area contributed by atoms with E-state index >= 15 is 0 Å². The summed E-state index contributed by atoms with van der Waals surface area (Å²) in [6.45, 7) is 0. The smallest absolute Gasteiger partial charge is 0.338 e. The van der Waals surface area contributed by atoms with E-state index in [1.165, 1.54) is 12.8 Å². The molecule has 0 saturated carbocycles. The molecule has 0 amide bonds. The molecule has 4 heteroatoms. The monoisotopic (exact) mass is 285 g/mol. The van der Waals surface area contributed by atoms with Crippen LogP contribution in [0.2, 0.25) is 0 Å². The van der Waals surface area contributed by atoms with E-state index in [2.05, 4.69) is 11.9 Å². The average Bonchev–Trinajstić information content (AvgIpc) is 3.01. The van der Waals surface area contributed by atoms with Crippen molar-refractivity contribution >= 4 is 16.9 Å². The highest BCUT2D eigenvalue weighted by Gasteiger charge is 2.39. The van der Waals surface area contributed by atoms with Crippen LogP contribution >= 0.6 is 0 Å². The number of benzene rings is 1. The summed E-state index contributed by atoms with van der Waals surface area (Å²) in [4.78, 5) is 14.8. The number of rotatable bonds is 2. The normalized spacial score (nSPS) is 28.9. The van der Waals surface area contributed by atoms with Gasteiger partial charge in [0.25, 0.3) is 0 Å². The number of fused-ring (bicyclic) bond motifs is 3. The average molecular weight is 285 g/mol. The lowest BCUT2D eigenvalue weighted by Gasteiger charge is -2.35. The van der Waals surface area contributed by atoms with Gasteiger partial charge in [-0.15, -0.1) is 0 Å². The van der Waals surface area contributed by atoms with Crippen LogP contribution in [-0.4, -0.2) is 36.1 Å². The fourth-order valence-corrected chi connectivity index (χ4v) is 3.76. The third-order valence-electron chi connectivity index (χ3n) is 5.02. The second kappa shape index (κ2) is 4.88. The van der Waals surface area contributed by atoms with Crippen LogP contribution in [0.1, 0.15) is 36.0 Å². The number of carbonyl (C=O) groups is 1. The lowest BCUT2D eigenvalue weighted by Crippen LogP contribution is -2.43. The van der Waals surface area contributed by atoms with E-state index in [1.54, 1.807) is 12.3 Å². The van der Waals surface area contributed by atoms with Gasteiger partial charge in [-0.2, -0.15) is 0 Å². The van der Waals surface area contributed by atoms with E-state index in [0.717, 1.165) is 23.8 Å². The van der Waals surface area contributed by atoms with Gasteiger partial charge in [-0.1, -0.05) is 6.07 Å². The van der Waals surface area contributed by atoms with Crippen LogP contribution in [0.3, 0.4) is 0 Å². The standard InChI is InChI=1S/C17H19NO3/c1-18-13-4-5-14(18)10-15(9-13)21-17(19)12-3-2-11-6-7-20-16(11)8-12/h2-3,6-8,13-15H,4-5,9-10H2,1H3/t13-,14-/m1/s1. The number of nitrogens with zero attached hydrogens (tertiary/aromatic N) is 1. The maximum Gasteiger partial charge on any atom is 0.338 e. The molecule has 1 aromatic carbocycles. The lowest BCUT2D eigenvalue weighted by molar-refractivity contribution is -0.000444. The highest BCUT2D eigenvalue weighted by Crippen LogP contribution is 2.35. The molecule has 1 aromatic heterocycles. The van der Waals surface area contributed by atoms with Gasteiger partial charge in [0.1, 0.15) is 11.7 Å². The van der Waals surface area contributed by atoms with Gasteiger partial charge in [-0.3, -0.25) is 0 Å². The minimum absolute atomic E-state index is 0.0542. The van der Waals surface area contributed by atoms with E-state index < -0.39 is 0 Å². The number of carbonyl (C=O) groups excluding carboxylic acids is 1. The van der Waals surface area contributed by atoms with Gasteiger partial charge >= 0.3 is 5.97 Å². The highest BCUT2D eigenvalue weighted by atomic mass is 16.5.